The van der Waals surface area contributed by atoms with E-state index >= 15 is 0 Å². The lowest BCUT2D eigenvalue weighted by Gasteiger charge is -2.05. The standard InChI is InChI=1S/C12H10N4O3/c13-12(14)8-4-5-11(15-7-8)19-10-3-1-2-9(6-10)16(17)18/h1-7H,(H3,13,14). The van der Waals surface area contributed by atoms with Crippen molar-refractivity contribution in [3.05, 3.63) is 58.3 Å². The number of nitrogens with two attached hydrogens (primary N) is 1. The molecule has 2 rings (SSSR count). The summed E-state index contributed by atoms with van der Waals surface area (Å²) in [5.41, 5.74) is 5.72. The van der Waals surface area contributed by atoms with E-state index in [4.69, 9.17) is 15.9 Å². The number of rotatable bonds is 4. The number of benzene rings is 1. The number of nitrogens with zero attached hydrogens (tertiary/aromatic N) is 2. The summed E-state index contributed by atoms with van der Waals surface area (Å²) in [5.74, 6) is 0.497. The number of nitrogen functional groups attached to an aromatic ring is 1. The van der Waals surface area contributed by atoms with Gasteiger partial charge in [-0.3, -0.25) is 15.5 Å². The zero-order valence-electron chi connectivity index (χ0n) is 9.74. The molecule has 1 heterocycles. The van der Waals surface area contributed by atoms with E-state index in [1.807, 2.05) is 0 Å². The number of nitrogens with one attached hydrogen (secondary N) is 1. The molecule has 0 bridgehead atoms. The van der Waals surface area contributed by atoms with Crippen molar-refractivity contribution < 1.29 is 9.66 Å². The van der Waals surface area contributed by atoms with Crippen molar-refractivity contribution in [3.8, 4) is 11.6 Å². The molecule has 0 atom stereocenters. The number of amidine groups is 1. The van der Waals surface area contributed by atoms with Crippen LogP contribution in [0.3, 0.4) is 0 Å². The molecular formula is C12H10N4O3. The second kappa shape index (κ2) is 5.13. The predicted octanol–water partition coefficient (Wildman–Crippen LogP) is 2.07. The first-order valence-electron chi connectivity index (χ1n) is 5.29. The second-order valence-electron chi connectivity index (χ2n) is 3.66. The summed E-state index contributed by atoms with van der Waals surface area (Å²) in [6, 6.07) is 8.92. The van der Waals surface area contributed by atoms with E-state index in [0.717, 1.165) is 0 Å². The van der Waals surface area contributed by atoms with Crippen LogP contribution in [0.2, 0.25) is 0 Å². The Balaban J connectivity index is 2.19. The van der Waals surface area contributed by atoms with Gasteiger partial charge >= 0.3 is 0 Å². The molecule has 0 radical (unpaired) electrons. The Kier molecular flexibility index (Phi) is 3.37. The molecule has 0 amide bonds. The van der Waals surface area contributed by atoms with Crippen molar-refractivity contribution >= 4 is 11.5 Å². The molecule has 0 saturated heterocycles. The highest BCUT2D eigenvalue weighted by atomic mass is 16.6. The monoisotopic (exact) mass is 258 g/mol. The van der Waals surface area contributed by atoms with Crippen molar-refractivity contribution in [3.63, 3.8) is 0 Å². The minimum absolute atomic E-state index is 0.0575. The molecule has 7 nitrogen and oxygen atoms in total. The summed E-state index contributed by atoms with van der Waals surface area (Å²) < 4.78 is 5.38. The van der Waals surface area contributed by atoms with Gasteiger partial charge in [-0.25, -0.2) is 4.98 Å². The fourth-order valence-corrected chi connectivity index (χ4v) is 1.38. The highest BCUT2D eigenvalue weighted by Gasteiger charge is 2.07. The molecule has 0 saturated carbocycles. The van der Waals surface area contributed by atoms with E-state index in [9.17, 15) is 10.1 Å². The Bertz CT molecular complexity index is 625. The smallest absolute Gasteiger partial charge is 0.273 e. The first-order valence-corrected chi connectivity index (χ1v) is 5.29. The van der Waals surface area contributed by atoms with Crippen LogP contribution in [0.25, 0.3) is 0 Å². The zero-order chi connectivity index (χ0) is 13.8. The largest absolute Gasteiger partial charge is 0.439 e. The van der Waals surface area contributed by atoms with E-state index in [-0.39, 0.29) is 17.4 Å². The average molecular weight is 258 g/mol. The maximum absolute atomic E-state index is 10.6. The fraction of sp³-hybridized carbons (Fsp3) is 0. The van der Waals surface area contributed by atoms with E-state index in [2.05, 4.69) is 4.98 Å². The maximum Gasteiger partial charge on any atom is 0.273 e. The maximum atomic E-state index is 10.6. The third-order valence-corrected chi connectivity index (χ3v) is 2.30. The van der Waals surface area contributed by atoms with Crippen molar-refractivity contribution in [2.45, 2.75) is 0 Å². The molecule has 0 aliphatic carbocycles. The Hall–Kier alpha value is -2.96. The van der Waals surface area contributed by atoms with Gasteiger partial charge in [-0.1, -0.05) is 6.07 Å². The topological polar surface area (TPSA) is 115 Å². The molecule has 1 aromatic heterocycles. The molecule has 0 spiro atoms. The SMILES string of the molecule is N=C(N)c1ccc(Oc2cccc([N+](=O)[O-])c2)nc1. The van der Waals surface area contributed by atoms with E-state index in [1.165, 1.54) is 30.5 Å². The van der Waals surface area contributed by atoms with E-state index in [0.29, 0.717) is 11.3 Å². The van der Waals surface area contributed by atoms with Crippen molar-refractivity contribution in [1.29, 1.82) is 5.41 Å². The number of pyridine rings is 1. The van der Waals surface area contributed by atoms with Crippen LogP contribution in [-0.4, -0.2) is 15.7 Å². The number of non-ortho nitro benzene ring substituents is 1. The summed E-state index contributed by atoms with van der Waals surface area (Å²) in [7, 11) is 0. The number of hydrogen-bond donors (Lipinski definition) is 2. The Morgan fingerprint density at radius 2 is 2.16 bits per heavy atom. The van der Waals surface area contributed by atoms with Gasteiger partial charge in [-0.2, -0.15) is 0 Å². The van der Waals surface area contributed by atoms with Crippen LogP contribution in [-0.2, 0) is 0 Å². The zero-order valence-corrected chi connectivity index (χ0v) is 9.74. The summed E-state index contributed by atoms with van der Waals surface area (Å²) in [5, 5.41) is 17.8. The van der Waals surface area contributed by atoms with Crippen molar-refractivity contribution in [2.75, 3.05) is 0 Å². The molecule has 0 fully saturated rings. The van der Waals surface area contributed by atoms with Gasteiger partial charge in [0.2, 0.25) is 5.88 Å². The second-order valence-corrected chi connectivity index (χ2v) is 3.66. The summed E-state index contributed by atoms with van der Waals surface area (Å²) in [4.78, 5) is 14.1. The van der Waals surface area contributed by atoms with Crippen LogP contribution in [0.5, 0.6) is 11.6 Å². The lowest BCUT2D eigenvalue weighted by atomic mass is 10.2. The van der Waals surface area contributed by atoms with E-state index in [1.54, 1.807) is 12.1 Å². The average Bonchev–Trinajstić information content (AvgIpc) is 2.39. The number of aromatic nitrogens is 1. The van der Waals surface area contributed by atoms with Crippen LogP contribution in [0, 0.1) is 15.5 Å². The number of hydrogen-bond acceptors (Lipinski definition) is 5. The van der Waals surface area contributed by atoms with Gasteiger partial charge in [0.15, 0.2) is 0 Å². The Morgan fingerprint density at radius 3 is 2.74 bits per heavy atom. The molecule has 19 heavy (non-hydrogen) atoms. The first kappa shape index (κ1) is 12.5. The predicted molar refractivity (Wildman–Crippen MR) is 68.4 cm³/mol. The first-order chi connectivity index (χ1) is 9.06. The lowest BCUT2D eigenvalue weighted by molar-refractivity contribution is -0.384. The Labute approximate surface area is 108 Å². The quantitative estimate of drug-likeness (QED) is 0.377. The normalized spacial score (nSPS) is 9.89. The van der Waals surface area contributed by atoms with Crippen molar-refractivity contribution in [2.24, 2.45) is 5.73 Å². The molecule has 3 N–H and O–H groups in total. The lowest BCUT2D eigenvalue weighted by Crippen LogP contribution is -2.11. The van der Waals surface area contributed by atoms with Crippen LogP contribution < -0.4 is 10.5 Å². The van der Waals surface area contributed by atoms with Gasteiger partial charge < -0.3 is 10.5 Å². The minimum atomic E-state index is -0.501. The molecule has 96 valence electrons. The molecular weight excluding hydrogens is 248 g/mol. The van der Waals surface area contributed by atoms with Crippen LogP contribution in [0.15, 0.2) is 42.6 Å². The molecule has 0 aliphatic rings. The van der Waals surface area contributed by atoms with Crippen LogP contribution in [0.1, 0.15) is 5.56 Å². The summed E-state index contributed by atoms with van der Waals surface area (Å²) in [6.07, 6.45) is 1.40. The summed E-state index contributed by atoms with van der Waals surface area (Å²) >= 11 is 0. The summed E-state index contributed by atoms with van der Waals surface area (Å²) in [6.45, 7) is 0. The van der Waals surface area contributed by atoms with Gasteiger partial charge in [-0.05, 0) is 12.1 Å². The molecule has 2 aromatic rings. The Morgan fingerprint density at radius 1 is 1.37 bits per heavy atom. The van der Waals surface area contributed by atoms with Crippen LogP contribution >= 0.6 is 0 Å². The molecule has 7 heteroatoms. The van der Waals surface area contributed by atoms with Gasteiger partial charge in [0.25, 0.3) is 5.69 Å². The third kappa shape index (κ3) is 3.03. The van der Waals surface area contributed by atoms with Gasteiger partial charge in [0, 0.05) is 23.9 Å². The number of ether oxygens (including phenoxy) is 1. The van der Waals surface area contributed by atoms with E-state index < -0.39 is 4.92 Å². The van der Waals surface area contributed by atoms with Gasteiger partial charge in [0.05, 0.1) is 11.0 Å². The molecule has 1 aromatic carbocycles. The molecule has 0 unspecified atom stereocenters. The highest BCUT2D eigenvalue weighted by molar-refractivity contribution is 5.94. The van der Waals surface area contributed by atoms with Crippen molar-refractivity contribution in [1.82, 2.24) is 4.98 Å². The number of nitro groups is 1. The third-order valence-electron chi connectivity index (χ3n) is 2.30. The van der Waals surface area contributed by atoms with Gasteiger partial charge in [-0.15, -0.1) is 0 Å². The van der Waals surface area contributed by atoms with Gasteiger partial charge in [0.1, 0.15) is 11.6 Å². The minimum Gasteiger partial charge on any atom is -0.439 e. The highest BCUT2D eigenvalue weighted by Crippen LogP contribution is 2.23. The van der Waals surface area contributed by atoms with Crippen LogP contribution in [0.4, 0.5) is 5.69 Å². The molecule has 0 aliphatic heterocycles. The number of nitro benzene ring substituents is 1. The fourth-order valence-electron chi connectivity index (χ4n) is 1.38.